The zero-order valence-electron chi connectivity index (χ0n) is 29.7. The summed E-state index contributed by atoms with van der Waals surface area (Å²) in [5.74, 6) is 0. The number of para-hydroxylation sites is 3. The molecule has 0 aliphatic heterocycles. The Balaban J connectivity index is 1.27. The highest BCUT2D eigenvalue weighted by Crippen LogP contribution is 2.48. The maximum absolute atomic E-state index is 2.47. The number of fused-ring (bicyclic) bond motifs is 4. The summed E-state index contributed by atoms with van der Waals surface area (Å²) in [6, 6.07) is 78.9. The molecule has 0 aliphatic rings. The van der Waals surface area contributed by atoms with E-state index in [-0.39, 0.29) is 0 Å². The van der Waals surface area contributed by atoms with Gasteiger partial charge in [0.05, 0.1) is 28.1 Å². The average Bonchev–Trinajstić information content (AvgIpc) is 3.59. The first kappa shape index (κ1) is 31.6. The van der Waals surface area contributed by atoms with E-state index in [9.17, 15) is 0 Å². The summed E-state index contributed by atoms with van der Waals surface area (Å²) in [4.78, 5) is 2.45. The van der Waals surface area contributed by atoms with E-state index < -0.39 is 0 Å². The molecule has 0 aliphatic carbocycles. The van der Waals surface area contributed by atoms with Crippen LogP contribution in [0.3, 0.4) is 0 Å². The Morgan fingerprint density at radius 1 is 0.352 bits per heavy atom. The Kier molecular flexibility index (Phi) is 7.85. The number of hydrogen-bond acceptors (Lipinski definition) is 1. The molecule has 0 atom stereocenters. The first-order valence-corrected chi connectivity index (χ1v) is 18.5. The number of anilines is 3. The summed E-state index contributed by atoms with van der Waals surface area (Å²) < 4.78 is 2.47. The zero-order chi connectivity index (χ0) is 35.8. The fraction of sp³-hybridized carbons (Fsp3) is 0. The lowest BCUT2D eigenvalue weighted by Gasteiger charge is -2.29. The smallest absolute Gasteiger partial charge is 0.0562 e. The number of benzene rings is 9. The van der Waals surface area contributed by atoms with Crippen LogP contribution in [0.2, 0.25) is 0 Å². The van der Waals surface area contributed by atoms with Crippen LogP contribution in [0.25, 0.3) is 71.6 Å². The average molecular weight is 689 g/mol. The predicted octanol–water partition coefficient (Wildman–Crippen LogP) is 14.4. The molecule has 0 radical (unpaired) electrons. The van der Waals surface area contributed by atoms with Crippen LogP contribution in [0, 0.1) is 0 Å². The second-order valence-corrected chi connectivity index (χ2v) is 13.7. The monoisotopic (exact) mass is 688 g/mol. The van der Waals surface area contributed by atoms with Crippen molar-refractivity contribution in [3.63, 3.8) is 0 Å². The number of aromatic nitrogens is 1. The van der Waals surface area contributed by atoms with Gasteiger partial charge in [0.2, 0.25) is 0 Å². The topological polar surface area (TPSA) is 8.17 Å². The molecule has 0 saturated heterocycles. The van der Waals surface area contributed by atoms with Crippen LogP contribution >= 0.6 is 0 Å². The molecule has 0 amide bonds. The maximum Gasteiger partial charge on any atom is 0.0562 e. The molecule has 0 spiro atoms. The van der Waals surface area contributed by atoms with Crippen molar-refractivity contribution in [1.82, 2.24) is 4.57 Å². The van der Waals surface area contributed by atoms with Crippen molar-refractivity contribution < 1.29 is 0 Å². The molecule has 0 saturated carbocycles. The molecule has 9 aromatic carbocycles. The van der Waals surface area contributed by atoms with Gasteiger partial charge in [0, 0.05) is 27.6 Å². The van der Waals surface area contributed by atoms with E-state index in [2.05, 4.69) is 228 Å². The van der Waals surface area contributed by atoms with Crippen molar-refractivity contribution in [2.75, 3.05) is 4.90 Å². The minimum atomic E-state index is 1.10. The molecule has 254 valence electrons. The fourth-order valence-corrected chi connectivity index (χ4v) is 8.19. The summed E-state index contributed by atoms with van der Waals surface area (Å²) in [5, 5.41) is 4.88. The summed E-state index contributed by atoms with van der Waals surface area (Å²) in [6.07, 6.45) is 0. The third-order valence-corrected chi connectivity index (χ3v) is 10.6. The van der Waals surface area contributed by atoms with Crippen molar-refractivity contribution in [1.29, 1.82) is 0 Å². The molecule has 0 unspecified atom stereocenters. The van der Waals surface area contributed by atoms with Gasteiger partial charge >= 0.3 is 0 Å². The Bertz CT molecular complexity index is 2930. The van der Waals surface area contributed by atoms with Crippen molar-refractivity contribution in [2.24, 2.45) is 0 Å². The third-order valence-electron chi connectivity index (χ3n) is 10.6. The van der Waals surface area contributed by atoms with Crippen LogP contribution in [-0.2, 0) is 0 Å². The van der Waals surface area contributed by atoms with Gasteiger partial charge in [0.1, 0.15) is 0 Å². The molecule has 10 aromatic rings. The Morgan fingerprint density at radius 2 is 0.944 bits per heavy atom. The first-order valence-electron chi connectivity index (χ1n) is 18.5. The lowest BCUT2D eigenvalue weighted by atomic mass is 9.93. The molecule has 0 fully saturated rings. The van der Waals surface area contributed by atoms with Crippen LogP contribution in [0.15, 0.2) is 218 Å². The van der Waals surface area contributed by atoms with Gasteiger partial charge in [-0.3, -0.25) is 0 Å². The van der Waals surface area contributed by atoms with Gasteiger partial charge in [-0.15, -0.1) is 0 Å². The molecule has 2 nitrogen and oxygen atoms in total. The second-order valence-electron chi connectivity index (χ2n) is 13.7. The SMILES string of the molecule is c1ccc(-c2cccc(-n3c4ccccc4c4c(N(c5ccccc5)c5ccccc5-c5ccc6ccccc6c5)cccc43)c2-c2ccccc2)cc1. The number of nitrogens with zero attached hydrogens (tertiary/aromatic N) is 2. The Labute approximate surface area is 315 Å². The van der Waals surface area contributed by atoms with Gasteiger partial charge in [-0.1, -0.05) is 170 Å². The van der Waals surface area contributed by atoms with Crippen LogP contribution in [0.1, 0.15) is 0 Å². The number of rotatable bonds is 7. The van der Waals surface area contributed by atoms with Crippen LogP contribution in [0.5, 0.6) is 0 Å². The van der Waals surface area contributed by atoms with E-state index in [1.807, 2.05) is 0 Å². The van der Waals surface area contributed by atoms with Gasteiger partial charge in [-0.05, 0) is 81.6 Å². The summed E-state index contributed by atoms with van der Waals surface area (Å²) in [6.45, 7) is 0. The first-order chi connectivity index (χ1) is 26.8. The largest absolute Gasteiger partial charge is 0.309 e. The molecular weight excluding hydrogens is 653 g/mol. The normalized spacial score (nSPS) is 11.3. The van der Waals surface area contributed by atoms with E-state index in [4.69, 9.17) is 0 Å². The van der Waals surface area contributed by atoms with Crippen LogP contribution < -0.4 is 4.90 Å². The van der Waals surface area contributed by atoms with E-state index in [0.717, 1.165) is 33.8 Å². The standard InChI is InChI=1S/C52H36N2/c1-4-19-38(20-5-1)44-28-16-31-48(51(44)39-21-6-2-7-22-39)54-47-30-15-13-27-45(47)52-49(32-17-33-50(52)54)53(42-24-8-3-9-25-42)46-29-14-12-26-43(46)41-35-34-37-18-10-11-23-40(37)36-41/h1-36H. The van der Waals surface area contributed by atoms with E-state index in [1.165, 1.54) is 54.9 Å². The van der Waals surface area contributed by atoms with Crippen LogP contribution in [0.4, 0.5) is 17.1 Å². The quantitative estimate of drug-likeness (QED) is 0.162. The molecule has 1 aromatic heterocycles. The Morgan fingerprint density at radius 3 is 1.76 bits per heavy atom. The Hall–Kier alpha value is -7.16. The van der Waals surface area contributed by atoms with E-state index >= 15 is 0 Å². The second kappa shape index (κ2) is 13.4. The molecule has 0 bridgehead atoms. The highest BCUT2D eigenvalue weighted by molar-refractivity contribution is 6.17. The highest BCUT2D eigenvalue weighted by Gasteiger charge is 2.24. The fourth-order valence-electron chi connectivity index (χ4n) is 8.19. The van der Waals surface area contributed by atoms with Crippen molar-refractivity contribution in [3.05, 3.63) is 218 Å². The van der Waals surface area contributed by atoms with Gasteiger partial charge < -0.3 is 9.47 Å². The van der Waals surface area contributed by atoms with Gasteiger partial charge in [0.25, 0.3) is 0 Å². The van der Waals surface area contributed by atoms with E-state index in [0.29, 0.717) is 0 Å². The predicted molar refractivity (Wildman–Crippen MR) is 229 cm³/mol. The molecule has 2 heteroatoms. The lowest BCUT2D eigenvalue weighted by molar-refractivity contribution is 1.18. The van der Waals surface area contributed by atoms with Crippen molar-refractivity contribution >= 4 is 49.6 Å². The third kappa shape index (κ3) is 5.36. The van der Waals surface area contributed by atoms with Crippen molar-refractivity contribution in [2.45, 2.75) is 0 Å². The molecule has 1 heterocycles. The highest BCUT2D eigenvalue weighted by atomic mass is 15.2. The minimum absolute atomic E-state index is 1.10. The minimum Gasteiger partial charge on any atom is -0.309 e. The van der Waals surface area contributed by atoms with Crippen molar-refractivity contribution in [3.8, 4) is 39.1 Å². The van der Waals surface area contributed by atoms with Gasteiger partial charge in [0.15, 0.2) is 0 Å². The van der Waals surface area contributed by atoms with Gasteiger partial charge in [-0.25, -0.2) is 0 Å². The number of hydrogen-bond donors (Lipinski definition) is 0. The lowest BCUT2D eigenvalue weighted by Crippen LogP contribution is -2.11. The summed E-state index contributed by atoms with van der Waals surface area (Å²) in [5.41, 5.74) is 14.0. The molecule has 10 rings (SSSR count). The summed E-state index contributed by atoms with van der Waals surface area (Å²) >= 11 is 0. The van der Waals surface area contributed by atoms with Gasteiger partial charge in [-0.2, -0.15) is 0 Å². The summed E-state index contributed by atoms with van der Waals surface area (Å²) in [7, 11) is 0. The molecular formula is C52H36N2. The van der Waals surface area contributed by atoms with E-state index in [1.54, 1.807) is 0 Å². The molecule has 54 heavy (non-hydrogen) atoms. The molecule has 0 N–H and O–H groups in total. The maximum atomic E-state index is 2.47. The zero-order valence-corrected chi connectivity index (χ0v) is 29.7. The van der Waals surface area contributed by atoms with Crippen LogP contribution in [-0.4, -0.2) is 4.57 Å².